The molecule has 2 rings (SSSR count). The number of esters is 1. The smallest absolute Gasteiger partial charge is 0.328 e. The Bertz CT molecular complexity index is 475. The zero-order chi connectivity index (χ0) is 15.2. The van der Waals surface area contributed by atoms with E-state index < -0.39 is 0 Å². The summed E-state index contributed by atoms with van der Waals surface area (Å²) in [5, 5.41) is 3.34. The molecule has 1 saturated carbocycles. The zero-order valence-corrected chi connectivity index (χ0v) is 13.1. The van der Waals surface area contributed by atoms with E-state index in [9.17, 15) is 4.79 Å². The molecule has 3 unspecified atom stereocenters. The van der Waals surface area contributed by atoms with Gasteiger partial charge in [-0.3, -0.25) is 0 Å². The van der Waals surface area contributed by atoms with E-state index in [1.54, 1.807) is 7.11 Å². The Labute approximate surface area is 126 Å². The Morgan fingerprint density at radius 1 is 1.33 bits per heavy atom. The van der Waals surface area contributed by atoms with Crippen LogP contribution in [0.4, 0.5) is 5.69 Å². The molecule has 0 saturated heterocycles. The highest BCUT2D eigenvalue weighted by Crippen LogP contribution is 2.32. The summed E-state index contributed by atoms with van der Waals surface area (Å²) in [4.78, 5) is 12.2. The van der Waals surface area contributed by atoms with Crippen molar-refractivity contribution < 1.29 is 14.3 Å². The molecule has 0 aliphatic heterocycles. The predicted molar refractivity (Wildman–Crippen MR) is 83.5 cm³/mol. The van der Waals surface area contributed by atoms with E-state index in [0.29, 0.717) is 11.8 Å². The van der Waals surface area contributed by atoms with Crippen molar-refractivity contribution in [3.05, 3.63) is 24.3 Å². The van der Waals surface area contributed by atoms with Crippen LogP contribution in [0.15, 0.2) is 24.3 Å². The van der Waals surface area contributed by atoms with Gasteiger partial charge in [-0.1, -0.05) is 25.8 Å². The Hall–Kier alpha value is -1.71. The third-order valence-electron chi connectivity index (χ3n) is 4.30. The summed E-state index contributed by atoms with van der Waals surface area (Å²) >= 11 is 0. The highest BCUT2D eigenvalue weighted by molar-refractivity contribution is 5.79. The summed E-state index contributed by atoms with van der Waals surface area (Å²) in [6.07, 6.45) is 4.57. The molecule has 4 nitrogen and oxygen atoms in total. The maximum atomic E-state index is 12.2. The largest absolute Gasteiger partial charge is 0.497 e. The number of hydrogen-bond acceptors (Lipinski definition) is 4. The Morgan fingerprint density at radius 2 is 2.14 bits per heavy atom. The lowest BCUT2D eigenvalue weighted by atomic mass is 9.78. The lowest BCUT2D eigenvalue weighted by molar-refractivity contribution is -0.143. The number of methoxy groups -OCH3 is 2. The van der Waals surface area contributed by atoms with Crippen molar-refractivity contribution in [1.29, 1.82) is 0 Å². The molecule has 1 aliphatic carbocycles. The van der Waals surface area contributed by atoms with E-state index >= 15 is 0 Å². The molecule has 1 aromatic carbocycles. The quantitative estimate of drug-likeness (QED) is 0.844. The molecule has 1 aromatic rings. The van der Waals surface area contributed by atoms with Crippen LogP contribution >= 0.6 is 0 Å². The second-order valence-corrected chi connectivity index (χ2v) is 5.91. The van der Waals surface area contributed by atoms with Crippen molar-refractivity contribution in [3.8, 4) is 5.75 Å². The highest BCUT2D eigenvalue weighted by Gasteiger charge is 2.32. The SMILES string of the molecule is COC(=O)C(Nc1cccc(OC)c1)C1CCCC(C)C1. The van der Waals surface area contributed by atoms with E-state index in [1.807, 2.05) is 24.3 Å². The average Bonchev–Trinajstić information content (AvgIpc) is 2.52. The molecular formula is C17H25NO3. The topological polar surface area (TPSA) is 47.6 Å². The van der Waals surface area contributed by atoms with Crippen LogP contribution in [0.25, 0.3) is 0 Å². The van der Waals surface area contributed by atoms with Crippen molar-refractivity contribution in [3.63, 3.8) is 0 Å². The summed E-state index contributed by atoms with van der Waals surface area (Å²) in [5.41, 5.74) is 0.892. The van der Waals surface area contributed by atoms with Gasteiger partial charge in [0.15, 0.2) is 0 Å². The van der Waals surface area contributed by atoms with Crippen molar-refractivity contribution in [1.82, 2.24) is 0 Å². The van der Waals surface area contributed by atoms with Crippen LogP contribution in [0.5, 0.6) is 5.75 Å². The van der Waals surface area contributed by atoms with Crippen LogP contribution in [-0.2, 0) is 9.53 Å². The van der Waals surface area contributed by atoms with Gasteiger partial charge in [-0.05, 0) is 36.8 Å². The lowest BCUT2D eigenvalue weighted by Gasteiger charge is -2.32. The summed E-state index contributed by atoms with van der Waals surface area (Å²) in [6, 6.07) is 7.37. The Morgan fingerprint density at radius 3 is 2.81 bits per heavy atom. The van der Waals surface area contributed by atoms with Crippen LogP contribution in [0.2, 0.25) is 0 Å². The van der Waals surface area contributed by atoms with Gasteiger partial charge in [-0.2, -0.15) is 0 Å². The molecule has 4 heteroatoms. The molecule has 1 N–H and O–H groups in total. The van der Waals surface area contributed by atoms with E-state index in [-0.39, 0.29) is 12.0 Å². The van der Waals surface area contributed by atoms with Crippen molar-refractivity contribution in [2.45, 2.75) is 38.6 Å². The van der Waals surface area contributed by atoms with Crippen LogP contribution in [-0.4, -0.2) is 26.2 Å². The highest BCUT2D eigenvalue weighted by atomic mass is 16.5. The van der Waals surface area contributed by atoms with Gasteiger partial charge in [0.05, 0.1) is 14.2 Å². The fraction of sp³-hybridized carbons (Fsp3) is 0.588. The number of nitrogens with one attached hydrogen (secondary N) is 1. The third-order valence-corrected chi connectivity index (χ3v) is 4.30. The molecule has 3 atom stereocenters. The molecule has 116 valence electrons. The first-order valence-corrected chi connectivity index (χ1v) is 7.62. The maximum absolute atomic E-state index is 12.2. The number of benzene rings is 1. The van der Waals surface area contributed by atoms with E-state index in [0.717, 1.165) is 24.3 Å². The number of rotatable bonds is 5. The van der Waals surface area contributed by atoms with Gasteiger partial charge >= 0.3 is 5.97 Å². The first-order valence-electron chi connectivity index (χ1n) is 7.62. The fourth-order valence-corrected chi connectivity index (χ4v) is 3.17. The normalized spacial score (nSPS) is 23.2. The molecule has 0 radical (unpaired) electrons. The summed E-state index contributed by atoms with van der Waals surface area (Å²) in [5.74, 6) is 1.59. The molecule has 21 heavy (non-hydrogen) atoms. The summed E-state index contributed by atoms with van der Waals surface area (Å²) in [7, 11) is 3.09. The molecular weight excluding hydrogens is 266 g/mol. The monoisotopic (exact) mass is 291 g/mol. The second-order valence-electron chi connectivity index (χ2n) is 5.91. The summed E-state index contributed by atoms with van der Waals surface area (Å²) < 4.78 is 10.2. The minimum Gasteiger partial charge on any atom is -0.497 e. The predicted octanol–water partition coefficient (Wildman–Crippen LogP) is 3.48. The number of carbonyl (C=O) groups is 1. The van der Waals surface area contributed by atoms with Crippen molar-refractivity contribution >= 4 is 11.7 Å². The first kappa shape index (κ1) is 15.7. The van der Waals surface area contributed by atoms with Crippen molar-refractivity contribution in [2.24, 2.45) is 11.8 Å². The van der Waals surface area contributed by atoms with Crippen LogP contribution in [0, 0.1) is 11.8 Å². The Balaban J connectivity index is 2.13. The number of hydrogen-bond donors (Lipinski definition) is 1. The van der Waals surface area contributed by atoms with Gasteiger partial charge < -0.3 is 14.8 Å². The second kappa shape index (κ2) is 7.34. The Kier molecular flexibility index (Phi) is 5.48. The molecule has 0 aromatic heterocycles. The van der Waals surface area contributed by atoms with Gasteiger partial charge in [-0.15, -0.1) is 0 Å². The molecule has 1 fully saturated rings. The van der Waals surface area contributed by atoms with E-state index in [4.69, 9.17) is 9.47 Å². The van der Waals surface area contributed by atoms with Gasteiger partial charge in [0.1, 0.15) is 11.8 Å². The van der Waals surface area contributed by atoms with Gasteiger partial charge in [-0.25, -0.2) is 4.79 Å². The summed E-state index contributed by atoms with van der Waals surface area (Å²) in [6.45, 7) is 2.26. The van der Waals surface area contributed by atoms with Gasteiger partial charge in [0, 0.05) is 11.8 Å². The number of ether oxygens (including phenoxy) is 2. The third kappa shape index (κ3) is 4.13. The standard InChI is InChI=1S/C17H25NO3/c1-12-6-4-7-13(10-12)16(17(19)21-3)18-14-8-5-9-15(11-14)20-2/h5,8-9,11-13,16,18H,4,6-7,10H2,1-3H3. The van der Waals surface area contributed by atoms with Crippen LogP contribution in [0.3, 0.4) is 0 Å². The fourth-order valence-electron chi connectivity index (χ4n) is 3.17. The molecule has 0 spiro atoms. The van der Waals surface area contributed by atoms with Gasteiger partial charge in [0.25, 0.3) is 0 Å². The zero-order valence-electron chi connectivity index (χ0n) is 13.1. The molecule has 0 amide bonds. The number of anilines is 1. The van der Waals surface area contributed by atoms with Crippen LogP contribution in [0.1, 0.15) is 32.6 Å². The molecule has 1 aliphatic rings. The lowest BCUT2D eigenvalue weighted by Crippen LogP contribution is -2.40. The van der Waals surface area contributed by atoms with E-state index in [1.165, 1.54) is 20.0 Å². The van der Waals surface area contributed by atoms with Crippen molar-refractivity contribution in [2.75, 3.05) is 19.5 Å². The van der Waals surface area contributed by atoms with E-state index in [2.05, 4.69) is 12.2 Å². The minimum atomic E-state index is -0.287. The molecule has 0 heterocycles. The first-order chi connectivity index (χ1) is 10.1. The van der Waals surface area contributed by atoms with Gasteiger partial charge in [0.2, 0.25) is 0 Å². The minimum absolute atomic E-state index is 0.183. The number of carbonyl (C=O) groups excluding carboxylic acids is 1. The maximum Gasteiger partial charge on any atom is 0.328 e. The molecule has 0 bridgehead atoms. The average molecular weight is 291 g/mol. The van der Waals surface area contributed by atoms with Crippen LogP contribution < -0.4 is 10.1 Å².